The molecule has 1 fully saturated rings. The van der Waals surface area contributed by atoms with E-state index in [1.807, 2.05) is 59.9 Å². The third-order valence-electron chi connectivity index (χ3n) is 3.77. The first-order valence-electron chi connectivity index (χ1n) is 7.87. The number of nitrogens with one attached hydrogen (secondary N) is 1. The van der Waals surface area contributed by atoms with Crippen molar-refractivity contribution < 1.29 is 4.79 Å². The van der Waals surface area contributed by atoms with Gasteiger partial charge in [0, 0.05) is 11.3 Å². The van der Waals surface area contributed by atoms with E-state index in [2.05, 4.69) is 23.5 Å². The molecule has 0 unspecified atom stereocenters. The van der Waals surface area contributed by atoms with Gasteiger partial charge in [0.1, 0.15) is 0 Å². The fourth-order valence-electron chi connectivity index (χ4n) is 2.47. The minimum absolute atomic E-state index is 0.112. The molecule has 122 valence electrons. The number of thioether (sulfide) groups is 2. The van der Waals surface area contributed by atoms with E-state index in [-0.39, 0.29) is 5.91 Å². The molecule has 1 saturated heterocycles. The molecule has 0 atom stereocenters. The van der Waals surface area contributed by atoms with Crippen LogP contribution in [-0.4, -0.2) is 17.4 Å². The topological polar surface area (TPSA) is 52.9 Å². The predicted molar refractivity (Wildman–Crippen MR) is 102 cm³/mol. The Balaban J connectivity index is 1.63. The molecule has 2 aromatic carbocycles. The predicted octanol–water partition coefficient (Wildman–Crippen LogP) is 4.87. The Hall–Kier alpha value is -1.90. The van der Waals surface area contributed by atoms with Crippen molar-refractivity contribution in [2.75, 3.05) is 16.8 Å². The molecule has 3 rings (SSSR count). The van der Waals surface area contributed by atoms with E-state index in [0.29, 0.717) is 16.6 Å². The second-order valence-electron chi connectivity index (χ2n) is 5.54. The lowest BCUT2D eigenvalue weighted by atomic mass is 10.1. The molecule has 5 heteroatoms. The number of carbonyl (C=O) groups excluding carboxylic acids is 1. The Bertz CT molecular complexity index is 729. The van der Waals surface area contributed by atoms with Crippen molar-refractivity contribution in [3.05, 3.63) is 65.2 Å². The van der Waals surface area contributed by atoms with Crippen LogP contribution < -0.4 is 5.32 Å². The Morgan fingerprint density at radius 1 is 1.08 bits per heavy atom. The van der Waals surface area contributed by atoms with Crippen LogP contribution in [0.25, 0.3) is 0 Å². The van der Waals surface area contributed by atoms with Crippen LogP contribution in [0.1, 0.15) is 32.5 Å². The number of benzene rings is 2. The van der Waals surface area contributed by atoms with Crippen molar-refractivity contribution in [2.24, 2.45) is 0 Å². The second-order valence-corrected chi connectivity index (χ2v) is 8.26. The van der Waals surface area contributed by atoms with Crippen molar-refractivity contribution in [1.29, 1.82) is 5.26 Å². The molecule has 0 radical (unpaired) electrons. The van der Waals surface area contributed by atoms with Gasteiger partial charge in [0.2, 0.25) is 0 Å². The van der Waals surface area contributed by atoms with E-state index in [9.17, 15) is 4.79 Å². The minimum Gasteiger partial charge on any atom is -0.322 e. The number of hydrogen-bond donors (Lipinski definition) is 1. The van der Waals surface area contributed by atoms with Gasteiger partial charge >= 0.3 is 0 Å². The molecule has 0 aromatic heterocycles. The van der Waals surface area contributed by atoms with Gasteiger partial charge in [0.15, 0.2) is 0 Å². The van der Waals surface area contributed by atoms with Crippen LogP contribution in [0.3, 0.4) is 0 Å². The van der Waals surface area contributed by atoms with E-state index in [4.69, 9.17) is 5.26 Å². The number of carbonyl (C=O) groups is 1. The van der Waals surface area contributed by atoms with Gasteiger partial charge in [0.05, 0.1) is 17.1 Å². The zero-order valence-corrected chi connectivity index (χ0v) is 14.8. The summed E-state index contributed by atoms with van der Waals surface area (Å²) in [4.78, 5) is 12.3. The summed E-state index contributed by atoms with van der Waals surface area (Å²) in [5, 5.41) is 11.6. The first kappa shape index (κ1) is 16.9. The van der Waals surface area contributed by atoms with Crippen molar-refractivity contribution in [3.63, 3.8) is 0 Å². The Kier molecular flexibility index (Phi) is 5.84. The number of anilines is 1. The molecule has 0 aliphatic carbocycles. The number of hydrogen-bond acceptors (Lipinski definition) is 4. The fraction of sp³-hybridized carbons (Fsp3) is 0.263. The lowest BCUT2D eigenvalue weighted by Crippen LogP contribution is -2.12. The van der Waals surface area contributed by atoms with Gasteiger partial charge in [-0.2, -0.15) is 5.26 Å². The van der Waals surface area contributed by atoms with Crippen molar-refractivity contribution >= 4 is 35.1 Å². The lowest BCUT2D eigenvalue weighted by molar-refractivity contribution is 0.102. The summed E-state index contributed by atoms with van der Waals surface area (Å²) in [6, 6.07) is 17.4. The summed E-state index contributed by atoms with van der Waals surface area (Å²) in [7, 11) is 0. The number of nitriles is 1. The Morgan fingerprint density at radius 2 is 1.75 bits per heavy atom. The normalized spacial score (nSPS) is 14.8. The third-order valence-corrected chi connectivity index (χ3v) is 6.78. The molecule has 1 amide bonds. The van der Waals surface area contributed by atoms with E-state index in [0.717, 1.165) is 11.3 Å². The largest absolute Gasteiger partial charge is 0.322 e. The average molecular weight is 355 g/mol. The van der Waals surface area contributed by atoms with Crippen LogP contribution in [0.4, 0.5) is 5.69 Å². The number of amides is 1. The minimum atomic E-state index is -0.112. The standard InChI is InChI=1S/C19H18N2OS2/c20-11-10-14-2-8-17(9-3-14)21-18(22)15-4-6-16(7-5-15)19-23-12-1-13-24-19/h2-9,19H,1,10,12-13H2,(H,21,22). The van der Waals surface area contributed by atoms with E-state index >= 15 is 0 Å². The quantitative estimate of drug-likeness (QED) is 0.851. The van der Waals surface area contributed by atoms with Crippen LogP contribution >= 0.6 is 23.5 Å². The summed E-state index contributed by atoms with van der Waals surface area (Å²) < 4.78 is 0.489. The van der Waals surface area contributed by atoms with Gasteiger partial charge in [-0.05, 0) is 53.3 Å². The summed E-state index contributed by atoms with van der Waals surface area (Å²) in [6.45, 7) is 0. The van der Waals surface area contributed by atoms with Crippen molar-refractivity contribution in [2.45, 2.75) is 17.4 Å². The maximum atomic E-state index is 12.3. The highest BCUT2D eigenvalue weighted by Crippen LogP contribution is 2.43. The van der Waals surface area contributed by atoms with Gasteiger partial charge in [-0.1, -0.05) is 24.3 Å². The van der Waals surface area contributed by atoms with E-state index in [1.165, 1.54) is 23.5 Å². The summed E-state index contributed by atoms with van der Waals surface area (Å²) in [6.07, 6.45) is 1.66. The van der Waals surface area contributed by atoms with Gasteiger partial charge in [-0.15, -0.1) is 23.5 Å². The highest BCUT2D eigenvalue weighted by molar-refractivity contribution is 8.16. The maximum Gasteiger partial charge on any atom is 0.255 e. The van der Waals surface area contributed by atoms with Crippen LogP contribution in [0.5, 0.6) is 0 Å². The molecule has 0 saturated carbocycles. The third kappa shape index (κ3) is 4.34. The molecule has 3 nitrogen and oxygen atoms in total. The van der Waals surface area contributed by atoms with Crippen LogP contribution in [0.2, 0.25) is 0 Å². The molecular formula is C19H18N2OS2. The summed E-state index contributed by atoms with van der Waals surface area (Å²) >= 11 is 3.96. The summed E-state index contributed by atoms with van der Waals surface area (Å²) in [5.74, 6) is 2.31. The first-order chi connectivity index (χ1) is 11.8. The van der Waals surface area contributed by atoms with Crippen molar-refractivity contribution in [1.82, 2.24) is 0 Å². The van der Waals surface area contributed by atoms with Crippen LogP contribution in [0, 0.1) is 11.3 Å². The lowest BCUT2D eigenvalue weighted by Gasteiger charge is -2.21. The molecule has 24 heavy (non-hydrogen) atoms. The zero-order chi connectivity index (χ0) is 16.8. The number of nitrogens with zero attached hydrogens (tertiary/aromatic N) is 1. The average Bonchev–Trinajstić information content (AvgIpc) is 2.64. The van der Waals surface area contributed by atoms with Crippen LogP contribution in [0.15, 0.2) is 48.5 Å². The highest BCUT2D eigenvalue weighted by Gasteiger charge is 2.17. The Labute approximate surface area is 150 Å². The molecule has 1 N–H and O–H groups in total. The van der Waals surface area contributed by atoms with Crippen LogP contribution in [-0.2, 0) is 6.42 Å². The highest BCUT2D eigenvalue weighted by atomic mass is 32.2. The Morgan fingerprint density at radius 3 is 2.38 bits per heavy atom. The zero-order valence-electron chi connectivity index (χ0n) is 13.2. The van der Waals surface area contributed by atoms with E-state index < -0.39 is 0 Å². The van der Waals surface area contributed by atoms with Gasteiger partial charge in [0.25, 0.3) is 5.91 Å². The van der Waals surface area contributed by atoms with Gasteiger partial charge in [-0.3, -0.25) is 4.79 Å². The van der Waals surface area contributed by atoms with Crippen molar-refractivity contribution in [3.8, 4) is 6.07 Å². The molecule has 2 aromatic rings. The molecule has 1 aliphatic heterocycles. The molecule has 0 bridgehead atoms. The van der Waals surface area contributed by atoms with Gasteiger partial charge in [-0.25, -0.2) is 0 Å². The van der Waals surface area contributed by atoms with Gasteiger partial charge < -0.3 is 5.32 Å². The monoisotopic (exact) mass is 354 g/mol. The molecular weight excluding hydrogens is 336 g/mol. The van der Waals surface area contributed by atoms with E-state index in [1.54, 1.807) is 0 Å². The molecule has 0 spiro atoms. The molecule has 1 aliphatic rings. The fourth-order valence-corrected chi connectivity index (χ4v) is 5.37. The smallest absolute Gasteiger partial charge is 0.255 e. The SMILES string of the molecule is N#CCc1ccc(NC(=O)c2ccc(C3SCCCS3)cc2)cc1. The first-order valence-corrected chi connectivity index (χ1v) is 9.96. The summed E-state index contributed by atoms with van der Waals surface area (Å²) in [5.41, 5.74) is 3.62. The number of rotatable bonds is 4. The maximum absolute atomic E-state index is 12.3. The molecule has 1 heterocycles. The second kappa shape index (κ2) is 8.27.